The molecule has 56 heavy (non-hydrogen) atoms. The van der Waals surface area contributed by atoms with Crippen LogP contribution in [0.1, 0.15) is 95.9 Å². The summed E-state index contributed by atoms with van der Waals surface area (Å²) in [5.41, 5.74) is -5.54. The van der Waals surface area contributed by atoms with Crippen LogP contribution in [0.25, 0.3) is 0 Å². The molecule has 13 nitrogen and oxygen atoms in total. The standard InChI is InChI=1S/C43H55NO12/c1-23-20-30(46)42(9)28(22-53-23)36(56-38(50)27-18-14-11-15-19-27)43(52)21-29(24(2)31(41(43,7)8)33(35(42)48)54-25(3)45)55-39(51)32(47)34(40(4,5)6)44-37(49)26-16-12-10-13-17-26/h10-19,23,28-30,32-34,36,46-47,52H,20-22H2,1-9H3,(H,44,49)/t23-,28-,29-,30-,32+,33+,34?,36-,42-,43+/m0/s1. The normalized spacial score (nSPS) is 31.3. The molecule has 304 valence electrons. The van der Waals surface area contributed by atoms with E-state index in [1.807, 2.05) is 0 Å². The Morgan fingerprint density at radius 2 is 1.50 bits per heavy atom. The van der Waals surface area contributed by atoms with Crippen LogP contribution in [0.5, 0.6) is 0 Å². The van der Waals surface area contributed by atoms with E-state index in [4.69, 9.17) is 18.9 Å². The number of carbonyl (C=O) groups excluding carboxylic acids is 5. The van der Waals surface area contributed by atoms with Gasteiger partial charge in [-0.1, -0.05) is 71.0 Å². The topological polar surface area (TPSA) is 195 Å². The largest absolute Gasteiger partial charge is 0.456 e. The van der Waals surface area contributed by atoms with Crippen molar-refractivity contribution in [3.05, 3.63) is 82.9 Å². The molecule has 3 aliphatic rings. The lowest BCUT2D eigenvalue weighted by Gasteiger charge is -2.59. The molecule has 0 spiro atoms. The van der Waals surface area contributed by atoms with Gasteiger partial charge < -0.3 is 39.6 Å². The smallest absolute Gasteiger partial charge is 0.338 e. The highest BCUT2D eigenvalue weighted by Gasteiger charge is 2.69. The predicted octanol–water partition coefficient (Wildman–Crippen LogP) is 4.11. The second kappa shape index (κ2) is 15.8. The molecule has 1 saturated heterocycles. The molecule has 13 heteroatoms. The summed E-state index contributed by atoms with van der Waals surface area (Å²) in [5.74, 6) is -5.22. The molecule has 2 fully saturated rings. The minimum Gasteiger partial charge on any atom is -0.456 e. The second-order valence-corrected chi connectivity index (χ2v) is 17.2. The number of rotatable bonds is 8. The Kier molecular flexibility index (Phi) is 12.1. The van der Waals surface area contributed by atoms with E-state index in [2.05, 4.69) is 5.32 Å². The molecular weight excluding hydrogens is 722 g/mol. The summed E-state index contributed by atoms with van der Waals surface area (Å²) in [7, 11) is 0. The van der Waals surface area contributed by atoms with Crippen molar-refractivity contribution >= 4 is 29.6 Å². The SMILES string of the molecule is CC(=O)O[C@H]1C(=O)[C@]2(C)[C@@H](O)C[C@H](C)OC[C@H]2[C@H](OC(=O)c2ccccc2)[C@]2(O)C[C@H](OC(=O)[C@H](O)C(NC(=O)c3ccccc3)C(C)(C)C)C(C)=C1C2(C)C. The van der Waals surface area contributed by atoms with Gasteiger partial charge in [0.1, 0.15) is 17.8 Å². The monoisotopic (exact) mass is 777 g/mol. The number of ether oxygens (including phenoxy) is 4. The lowest BCUT2D eigenvalue weighted by Crippen LogP contribution is -2.70. The van der Waals surface area contributed by atoms with Crippen LogP contribution >= 0.6 is 0 Å². The zero-order chi connectivity index (χ0) is 41.5. The molecule has 2 aromatic rings. The summed E-state index contributed by atoms with van der Waals surface area (Å²) < 4.78 is 24.2. The maximum atomic E-state index is 15.1. The Balaban J connectivity index is 1.65. The van der Waals surface area contributed by atoms with Crippen molar-refractivity contribution in [3.63, 3.8) is 0 Å². The number of hydrogen-bond donors (Lipinski definition) is 4. The number of benzene rings is 2. The van der Waals surface area contributed by atoms with Crippen LogP contribution in [0.15, 0.2) is 71.8 Å². The number of esters is 3. The fourth-order valence-corrected chi connectivity index (χ4v) is 8.68. The summed E-state index contributed by atoms with van der Waals surface area (Å²) in [6.45, 7) is 14.1. The first-order chi connectivity index (χ1) is 26.0. The zero-order valence-electron chi connectivity index (χ0n) is 33.5. The van der Waals surface area contributed by atoms with Gasteiger partial charge in [-0.05, 0) is 61.6 Å². The number of carbonyl (C=O) groups is 5. The Labute approximate surface area is 327 Å². The number of nitrogens with one attached hydrogen (secondary N) is 1. The van der Waals surface area contributed by atoms with Crippen molar-refractivity contribution in [2.75, 3.05) is 6.61 Å². The molecule has 2 bridgehead atoms. The van der Waals surface area contributed by atoms with E-state index in [9.17, 15) is 34.5 Å². The van der Waals surface area contributed by atoms with Gasteiger partial charge in [0.2, 0.25) is 0 Å². The molecule has 10 atom stereocenters. The van der Waals surface area contributed by atoms with Crippen molar-refractivity contribution in [2.45, 2.75) is 123 Å². The lowest BCUT2D eigenvalue weighted by molar-refractivity contribution is -0.220. The van der Waals surface area contributed by atoms with E-state index in [1.165, 1.54) is 19.1 Å². The molecule has 0 aromatic heterocycles. The van der Waals surface area contributed by atoms with Gasteiger partial charge in [0.05, 0.1) is 35.8 Å². The first-order valence-corrected chi connectivity index (χ1v) is 19.0. The van der Waals surface area contributed by atoms with Gasteiger partial charge in [0, 0.05) is 36.7 Å². The maximum absolute atomic E-state index is 15.1. The number of hydrogen-bond acceptors (Lipinski definition) is 12. The summed E-state index contributed by atoms with van der Waals surface area (Å²) in [6, 6.07) is 15.2. The van der Waals surface area contributed by atoms with Crippen molar-refractivity contribution in [1.82, 2.24) is 5.32 Å². The highest BCUT2D eigenvalue weighted by molar-refractivity contribution is 5.96. The molecule has 2 aromatic carbocycles. The van der Waals surface area contributed by atoms with Crippen LogP contribution in [-0.4, -0.2) is 99.8 Å². The van der Waals surface area contributed by atoms with Crippen LogP contribution in [0, 0.1) is 22.2 Å². The van der Waals surface area contributed by atoms with E-state index < -0.39 is 106 Å². The third-order valence-electron chi connectivity index (χ3n) is 12.2. The summed E-state index contributed by atoms with van der Waals surface area (Å²) in [6.07, 6.45) is -8.83. The van der Waals surface area contributed by atoms with Crippen LogP contribution in [0.2, 0.25) is 0 Å². The number of aliphatic hydroxyl groups excluding tert-OH is 2. The fourth-order valence-electron chi connectivity index (χ4n) is 8.68. The maximum Gasteiger partial charge on any atom is 0.338 e. The highest BCUT2D eigenvalue weighted by atomic mass is 16.6. The van der Waals surface area contributed by atoms with E-state index >= 15 is 4.79 Å². The average molecular weight is 778 g/mol. The predicted molar refractivity (Wildman–Crippen MR) is 203 cm³/mol. The summed E-state index contributed by atoms with van der Waals surface area (Å²) in [5, 5.41) is 39.5. The Bertz CT molecular complexity index is 1850. The molecule has 1 aliphatic heterocycles. The lowest BCUT2D eigenvalue weighted by atomic mass is 9.50. The highest BCUT2D eigenvalue weighted by Crippen LogP contribution is 2.59. The van der Waals surface area contributed by atoms with Gasteiger partial charge in [-0.2, -0.15) is 0 Å². The molecular formula is C43H55NO12. The minimum absolute atomic E-state index is 0.0125. The van der Waals surface area contributed by atoms with Crippen molar-refractivity contribution in [2.24, 2.45) is 22.2 Å². The van der Waals surface area contributed by atoms with E-state index in [-0.39, 0.29) is 29.7 Å². The fraction of sp³-hybridized carbons (Fsp3) is 0.558. The number of fused-ring (bicyclic) bond motifs is 3. The Morgan fingerprint density at radius 1 is 0.929 bits per heavy atom. The summed E-state index contributed by atoms with van der Waals surface area (Å²) in [4.78, 5) is 69.1. The Morgan fingerprint density at radius 3 is 2.05 bits per heavy atom. The molecule has 4 N–H and O–H groups in total. The van der Waals surface area contributed by atoms with E-state index in [0.29, 0.717) is 5.56 Å². The van der Waals surface area contributed by atoms with Gasteiger partial charge >= 0.3 is 17.9 Å². The third kappa shape index (κ3) is 7.78. The molecule has 1 unspecified atom stereocenters. The number of amides is 1. The molecule has 5 rings (SSSR count). The number of Topliss-reactive ketones (excluding diaryl/α,β-unsaturated/α-hetero) is 1. The summed E-state index contributed by atoms with van der Waals surface area (Å²) >= 11 is 0. The minimum atomic E-state index is -2.19. The molecule has 1 saturated carbocycles. The number of aliphatic hydroxyl groups is 3. The third-order valence-corrected chi connectivity index (χ3v) is 12.2. The van der Waals surface area contributed by atoms with E-state index in [0.717, 1.165) is 6.92 Å². The average Bonchev–Trinajstić information content (AvgIpc) is 3.24. The zero-order valence-corrected chi connectivity index (χ0v) is 33.5. The first kappa shape index (κ1) is 42.7. The first-order valence-electron chi connectivity index (χ1n) is 19.0. The van der Waals surface area contributed by atoms with E-state index in [1.54, 1.807) is 97.0 Å². The van der Waals surface area contributed by atoms with Gasteiger partial charge in [0.25, 0.3) is 5.91 Å². The van der Waals surface area contributed by atoms with Gasteiger partial charge in [-0.15, -0.1) is 0 Å². The van der Waals surface area contributed by atoms with Crippen LogP contribution < -0.4 is 5.32 Å². The van der Waals surface area contributed by atoms with Crippen molar-refractivity contribution < 1.29 is 58.2 Å². The van der Waals surface area contributed by atoms with Crippen LogP contribution in [-0.2, 0) is 33.3 Å². The van der Waals surface area contributed by atoms with Gasteiger partial charge in [-0.3, -0.25) is 14.4 Å². The van der Waals surface area contributed by atoms with Crippen molar-refractivity contribution in [3.8, 4) is 0 Å². The molecule has 0 radical (unpaired) electrons. The molecule has 1 heterocycles. The molecule has 1 amide bonds. The quantitative estimate of drug-likeness (QED) is 0.171. The Hall–Kier alpha value is -4.43. The second-order valence-electron chi connectivity index (χ2n) is 17.2. The van der Waals surface area contributed by atoms with Crippen LogP contribution in [0.3, 0.4) is 0 Å². The van der Waals surface area contributed by atoms with Gasteiger partial charge in [-0.25, -0.2) is 9.59 Å². The molecule has 2 aliphatic carbocycles. The van der Waals surface area contributed by atoms with Crippen molar-refractivity contribution in [1.29, 1.82) is 0 Å². The van der Waals surface area contributed by atoms with Gasteiger partial charge in [0.15, 0.2) is 18.0 Å². The number of ketones is 1. The van der Waals surface area contributed by atoms with Crippen LogP contribution in [0.4, 0.5) is 0 Å².